The number of rotatable bonds is 4. The molecule has 0 N–H and O–H groups in total. The maximum absolute atomic E-state index is 11.6. The number of amides is 1. The minimum absolute atomic E-state index is 0.250. The minimum Gasteiger partial charge on any atom is -0.343 e. The first-order chi connectivity index (χ1) is 7.24. The van der Waals surface area contributed by atoms with Crippen molar-refractivity contribution in [2.45, 2.75) is 32.6 Å². The number of likely N-dealkylation sites (tertiary alicyclic amines) is 1. The zero-order valence-corrected chi connectivity index (χ0v) is 9.22. The van der Waals surface area contributed by atoms with Gasteiger partial charge in [0.25, 0.3) is 0 Å². The number of carbonyl (C=O) groups is 1. The van der Waals surface area contributed by atoms with Crippen molar-refractivity contribution in [3.05, 3.63) is 10.4 Å². The van der Waals surface area contributed by atoms with E-state index in [1.54, 1.807) is 0 Å². The van der Waals surface area contributed by atoms with Crippen molar-refractivity contribution in [3.63, 3.8) is 0 Å². The molecule has 15 heavy (non-hydrogen) atoms. The minimum atomic E-state index is 0.250. The molecular formula is C10H18N4O. The van der Waals surface area contributed by atoms with Gasteiger partial charge in [0.1, 0.15) is 0 Å². The van der Waals surface area contributed by atoms with Gasteiger partial charge in [-0.15, -0.1) is 0 Å². The van der Waals surface area contributed by atoms with Gasteiger partial charge in [-0.05, 0) is 30.7 Å². The van der Waals surface area contributed by atoms with Crippen LogP contribution < -0.4 is 0 Å². The summed E-state index contributed by atoms with van der Waals surface area (Å²) >= 11 is 0. The molecule has 1 rings (SSSR count). The fourth-order valence-electron chi connectivity index (χ4n) is 1.79. The zero-order valence-electron chi connectivity index (χ0n) is 9.22. The molecule has 1 saturated heterocycles. The van der Waals surface area contributed by atoms with Gasteiger partial charge in [0.15, 0.2) is 0 Å². The molecule has 0 aromatic heterocycles. The number of hydrogen-bond donors (Lipinski definition) is 0. The number of carbonyl (C=O) groups excluding carboxylic acids is 1. The third kappa shape index (κ3) is 4.21. The molecule has 5 nitrogen and oxygen atoms in total. The van der Waals surface area contributed by atoms with E-state index in [4.69, 9.17) is 5.53 Å². The second-order valence-corrected chi connectivity index (χ2v) is 4.12. The molecule has 5 heteroatoms. The van der Waals surface area contributed by atoms with E-state index in [0.29, 0.717) is 18.9 Å². The predicted octanol–water partition coefficient (Wildman–Crippen LogP) is 2.34. The normalized spacial score (nSPS) is 22.1. The first-order valence-corrected chi connectivity index (χ1v) is 5.52. The summed E-state index contributed by atoms with van der Waals surface area (Å²) < 4.78 is 0. The Morgan fingerprint density at radius 3 is 3.13 bits per heavy atom. The van der Waals surface area contributed by atoms with Crippen LogP contribution in [-0.2, 0) is 4.79 Å². The van der Waals surface area contributed by atoms with Crippen LogP contribution in [0.3, 0.4) is 0 Å². The van der Waals surface area contributed by atoms with Crippen LogP contribution in [0.15, 0.2) is 5.11 Å². The highest BCUT2D eigenvalue weighted by Crippen LogP contribution is 2.17. The maximum atomic E-state index is 11.6. The highest BCUT2D eigenvalue weighted by molar-refractivity contribution is 5.76. The summed E-state index contributed by atoms with van der Waals surface area (Å²) in [5.41, 5.74) is 8.11. The largest absolute Gasteiger partial charge is 0.343 e. The van der Waals surface area contributed by atoms with Gasteiger partial charge in [-0.1, -0.05) is 12.0 Å². The van der Waals surface area contributed by atoms with Crippen LogP contribution in [0.5, 0.6) is 0 Å². The Balaban J connectivity index is 2.32. The van der Waals surface area contributed by atoms with Crippen molar-refractivity contribution in [1.29, 1.82) is 0 Å². The molecule has 1 atom stereocenters. The van der Waals surface area contributed by atoms with E-state index >= 15 is 0 Å². The van der Waals surface area contributed by atoms with Gasteiger partial charge in [0.2, 0.25) is 5.91 Å². The zero-order chi connectivity index (χ0) is 11.1. The van der Waals surface area contributed by atoms with E-state index in [0.717, 1.165) is 32.4 Å². The Kier molecular flexibility index (Phi) is 4.98. The summed E-state index contributed by atoms with van der Waals surface area (Å²) in [7, 11) is 0. The first-order valence-electron chi connectivity index (χ1n) is 5.52. The van der Waals surface area contributed by atoms with E-state index in [1.807, 2.05) is 4.90 Å². The molecule has 1 fully saturated rings. The van der Waals surface area contributed by atoms with Gasteiger partial charge in [-0.2, -0.15) is 0 Å². The van der Waals surface area contributed by atoms with Crippen LogP contribution in [0.2, 0.25) is 0 Å². The average molecular weight is 210 g/mol. The van der Waals surface area contributed by atoms with Crippen LogP contribution >= 0.6 is 0 Å². The Morgan fingerprint density at radius 2 is 2.40 bits per heavy atom. The summed E-state index contributed by atoms with van der Waals surface area (Å²) in [4.78, 5) is 16.2. The second-order valence-electron chi connectivity index (χ2n) is 4.12. The van der Waals surface area contributed by atoms with Crippen LogP contribution in [0, 0.1) is 5.92 Å². The quantitative estimate of drug-likeness (QED) is 0.304. The third-order valence-corrected chi connectivity index (χ3v) is 2.84. The van der Waals surface area contributed by atoms with Gasteiger partial charge in [-0.3, -0.25) is 4.79 Å². The van der Waals surface area contributed by atoms with E-state index in [1.165, 1.54) is 0 Å². The highest BCUT2D eigenvalue weighted by atomic mass is 16.2. The molecule has 0 bridgehead atoms. The summed E-state index contributed by atoms with van der Waals surface area (Å²) in [6, 6.07) is 0. The van der Waals surface area contributed by atoms with Crippen molar-refractivity contribution in [2.75, 3.05) is 19.6 Å². The van der Waals surface area contributed by atoms with E-state index in [9.17, 15) is 4.79 Å². The third-order valence-electron chi connectivity index (χ3n) is 2.84. The molecular weight excluding hydrogens is 192 g/mol. The molecule has 84 valence electrons. The van der Waals surface area contributed by atoms with Gasteiger partial charge >= 0.3 is 0 Å². The molecule has 0 radical (unpaired) electrons. The highest BCUT2D eigenvalue weighted by Gasteiger charge is 2.19. The molecule has 1 aliphatic heterocycles. The average Bonchev–Trinajstić information content (AvgIpc) is 2.38. The first kappa shape index (κ1) is 11.9. The summed E-state index contributed by atoms with van der Waals surface area (Å²) in [6.07, 6.45) is 3.53. The predicted molar refractivity (Wildman–Crippen MR) is 58.2 cm³/mol. The monoisotopic (exact) mass is 210 g/mol. The van der Waals surface area contributed by atoms with Crippen molar-refractivity contribution in [2.24, 2.45) is 11.0 Å². The van der Waals surface area contributed by atoms with Gasteiger partial charge in [-0.25, -0.2) is 0 Å². The molecule has 1 aliphatic rings. The van der Waals surface area contributed by atoms with Crippen molar-refractivity contribution in [1.82, 2.24) is 4.90 Å². The molecule has 0 aliphatic carbocycles. The lowest BCUT2D eigenvalue weighted by atomic mass is 10.0. The van der Waals surface area contributed by atoms with Crippen LogP contribution in [0.25, 0.3) is 10.4 Å². The summed E-state index contributed by atoms with van der Waals surface area (Å²) in [5, 5.41) is 3.46. The molecule has 0 saturated carbocycles. The van der Waals surface area contributed by atoms with Gasteiger partial charge < -0.3 is 4.90 Å². The van der Waals surface area contributed by atoms with Crippen molar-refractivity contribution in [3.8, 4) is 0 Å². The second kappa shape index (κ2) is 6.30. The molecule has 0 aromatic carbocycles. The Hall–Kier alpha value is -1.22. The molecule has 1 amide bonds. The lowest BCUT2D eigenvalue weighted by Crippen LogP contribution is -2.31. The molecule has 1 unspecified atom stereocenters. The standard InChI is InChI=1S/C10H18N4O/c1-9-3-4-10(15)14(8-5-9)7-2-6-12-13-11/h9H,2-8H2,1H3. The molecule has 0 aromatic rings. The molecule has 1 heterocycles. The lowest BCUT2D eigenvalue weighted by molar-refractivity contribution is -0.130. The summed E-state index contributed by atoms with van der Waals surface area (Å²) in [5.74, 6) is 0.899. The maximum Gasteiger partial charge on any atom is 0.222 e. The molecule has 0 spiro atoms. The van der Waals surface area contributed by atoms with E-state index < -0.39 is 0 Å². The Labute approximate surface area is 90.1 Å². The van der Waals surface area contributed by atoms with Crippen LogP contribution in [0.4, 0.5) is 0 Å². The van der Waals surface area contributed by atoms with Gasteiger partial charge in [0.05, 0.1) is 0 Å². The van der Waals surface area contributed by atoms with Crippen LogP contribution in [-0.4, -0.2) is 30.4 Å². The van der Waals surface area contributed by atoms with E-state index in [-0.39, 0.29) is 5.91 Å². The lowest BCUT2D eigenvalue weighted by Gasteiger charge is -2.19. The number of hydrogen-bond acceptors (Lipinski definition) is 2. The Bertz CT molecular complexity index is 260. The van der Waals surface area contributed by atoms with Gasteiger partial charge in [0, 0.05) is 31.0 Å². The fourth-order valence-corrected chi connectivity index (χ4v) is 1.79. The van der Waals surface area contributed by atoms with Crippen molar-refractivity contribution < 1.29 is 4.79 Å². The van der Waals surface area contributed by atoms with Crippen molar-refractivity contribution >= 4 is 5.91 Å². The topological polar surface area (TPSA) is 69.1 Å². The fraction of sp³-hybridized carbons (Fsp3) is 0.900. The Morgan fingerprint density at radius 1 is 1.60 bits per heavy atom. The number of azide groups is 1. The SMILES string of the molecule is CC1CCC(=O)N(CCCN=[N+]=[N-])CC1. The smallest absolute Gasteiger partial charge is 0.222 e. The van der Waals surface area contributed by atoms with E-state index in [2.05, 4.69) is 16.9 Å². The van der Waals surface area contributed by atoms with Crippen LogP contribution in [0.1, 0.15) is 32.6 Å². The summed E-state index contributed by atoms with van der Waals surface area (Å²) in [6.45, 7) is 4.26. The number of nitrogens with zero attached hydrogens (tertiary/aromatic N) is 4.